The van der Waals surface area contributed by atoms with Crippen LogP contribution in [0.1, 0.15) is 17.9 Å². The van der Waals surface area contributed by atoms with Gasteiger partial charge in [0, 0.05) is 18.0 Å². The number of nitrogens with zero attached hydrogens (tertiary/aromatic N) is 2. The van der Waals surface area contributed by atoms with Crippen LogP contribution in [-0.2, 0) is 17.8 Å². The molecule has 1 aromatic carbocycles. The first kappa shape index (κ1) is 13.4. The van der Waals surface area contributed by atoms with Crippen molar-refractivity contribution in [2.75, 3.05) is 5.32 Å². The molecule has 19 heavy (non-hydrogen) atoms. The summed E-state index contributed by atoms with van der Waals surface area (Å²) in [6, 6.07) is 7.67. The Kier molecular flexibility index (Phi) is 4.35. The Labute approximate surface area is 114 Å². The van der Waals surface area contributed by atoms with E-state index in [0.717, 1.165) is 5.56 Å². The van der Waals surface area contributed by atoms with Gasteiger partial charge in [0.15, 0.2) is 0 Å². The molecule has 0 unspecified atom stereocenters. The van der Waals surface area contributed by atoms with E-state index in [0.29, 0.717) is 17.5 Å². The lowest BCUT2D eigenvalue weighted by Crippen LogP contribution is -2.00. The molecule has 2 aromatic rings. The Morgan fingerprint density at radius 2 is 2.16 bits per heavy atom. The molecule has 0 atom stereocenters. The molecule has 1 heterocycles. The number of carboxylic acids is 1. The Balaban J connectivity index is 1.90. The molecule has 0 aliphatic rings. The van der Waals surface area contributed by atoms with Crippen molar-refractivity contribution >= 4 is 23.6 Å². The first-order valence-electron chi connectivity index (χ1n) is 5.66. The van der Waals surface area contributed by atoms with Gasteiger partial charge < -0.3 is 14.8 Å². The van der Waals surface area contributed by atoms with Gasteiger partial charge in [0.05, 0.1) is 6.42 Å². The highest BCUT2D eigenvalue weighted by molar-refractivity contribution is 6.31. The van der Waals surface area contributed by atoms with Crippen LogP contribution in [0.25, 0.3) is 0 Å². The lowest BCUT2D eigenvalue weighted by atomic mass is 10.2. The Hall–Kier alpha value is -2.08. The summed E-state index contributed by atoms with van der Waals surface area (Å²) < 4.78 is 5.26. The minimum absolute atomic E-state index is 0.0356. The number of benzene rings is 1. The van der Waals surface area contributed by atoms with Gasteiger partial charge in [0.2, 0.25) is 5.89 Å². The minimum atomic E-state index is -0.899. The zero-order valence-corrected chi connectivity index (χ0v) is 10.7. The third kappa shape index (κ3) is 3.96. The van der Waals surface area contributed by atoms with Gasteiger partial charge in [-0.1, -0.05) is 34.9 Å². The van der Waals surface area contributed by atoms with Crippen molar-refractivity contribution < 1.29 is 14.3 Å². The fourth-order valence-corrected chi connectivity index (χ4v) is 1.66. The van der Waals surface area contributed by atoms with E-state index in [1.807, 2.05) is 18.2 Å². The van der Waals surface area contributed by atoms with E-state index < -0.39 is 5.97 Å². The van der Waals surface area contributed by atoms with Crippen LogP contribution in [0.5, 0.6) is 0 Å². The van der Waals surface area contributed by atoms with Crippen molar-refractivity contribution in [1.82, 2.24) is 10.2 Å². The van der Waals surface area contributed by atoms with Crippen LogP contribution in [0.4, 0.5) is 6.01 Å². The van der Waals surface area contributed by atoms with Crippen LogP contribution in [-0.4, -0.2) is 21.3 Å². The molecule has 0 fully saturated rings. The standard InChI is InChI=1S/C12H12ClN3O3/c13-9-4-2-1-3-8(9)7-14-12-16-15-10(19-12)5-6-11(17)18/h1-4H,5-7H2,(H,14,16)(H,17,18). The van der Waals surface area contributed by atoms with Gasteiger partial charge in [0.25, 0.3) is 0 Å². The van der Waals surface area contributed by atoms with Gasteiger partial charge in [0.1, 0.15) is 0 Å². The molecule has 6 nitrogen and oxygen atoms in total. The maximum Gasteiger partial charge on any atom is 0.315 e. The van der Waals surface area contributed by atoms with Gasteiger partial charge >= 0.3 is 12.0 Å². The number of anilines is 1. The van der Waals surface area contributed by atoms with Gasteiger partial charge in [-0.2, -0.15) is 0 Å². The maximum absolute atomic E-state index is 10.4. The summed E-state index contributed by atoms with van der Waals surface area (Å²) in [5, 5.41) is 19.7. The second-order valence-electron chi connectivity index (χ2n) is 3.84. The smallest absolute Gasteiger partial charge is 0.315 e. The van der Waals surface area contributed by atoms with Gasteiger partial charge in [-0.3, -0.25) is 4.79 Å². The molecular formula is C12H12ClN3O3. The molecule has 0 spiro atoms. The summed E-state index contributed by atoms with van der Waals surface area (Å²) in [7, 11) is 0. The minimum Gasteiger partial charge on any atom is -0.481 e. The van der Waals surface area contributed by atoms with Crippen LogP contribution >= 0.6 is 11.6 Å². The fraction of sp³-hybridized carbons (Fsp3) is 0.250. The molecule has 0 amide bonds. The van der Waals surface area contributed by atoms with Crippen LogP contribution in [0.15, 0.2) is 28.7 Å². The van der Waals surface area contributed by atoms with Gasteiger partial charge in [-0.25, -0.2) is 0 Å². The molecule has 100 valence electrons. The van der Waals surface area contributed by atoms with Crippen LogP contribution in [0, 0.1) is 0 Å². The SMILES string of the molecule is O=C(O)CCc1nnc(NCc2ccccc2Cl)o1. The number of carbonyl (C=O) groups is 1. The van der Waals surface area contributed by atoms with Crippen LogP contribution < -0.4 is 5.32 Å². The van der Waals surface area contributed by atoms with Gasteiger partial charge in [-0.15, -0.1) is 5.10 Å². The van der Waals surface area contributed by atoms with Crippen molar-refractivity contribution in [3.63, 3.8) is 0 Å². The highest BCUT2D eigenvalue weighted by atomic mass is 35.5. The van der Waals surface area contributed by atoms with Crippen molar-refractivity contribution in [2.24, 2.45) is 0 Å². The lowest BCUT2D eigenvalue weighted by Gasteiger charge is -2.03. The van der Waals surface area contributed by atoms with E-state index in [9.17, 15) is 4.79 Å². The highest BCUT2D eigenvalue weighted by Gasteiger charge is 2.08. The molecule has 0 saturated heterocycles. The summed E-state index contributed by atoms with van der Waals surface area (Å²) in [6.45, 7) is 0.459. The van der Waals surface area contributed by atoms with Crippen LogP contribution in [0.3, 0.4) is 0 Å². The molecule has 0 aliphatic heterocycles. The molecule has 7 heteroatoms. The van der Waals surface area contributed by atoms with Crippen molar-refractivity contribution in [3.8, 4) is 0 Å². The topological polar surface area (TPSA) is 88.2 Å². The summed E-state index contributed by atoms with van der Waals surface area (Å²) in [5.74, 6) is -0.604. The second-order valence-corrected chi connectivity index (χ2v) is 4.25. The molecule has 2 rings (SSSR count). The van der Waals surface area contributed by atoms with E-state index >= 15 is 0 Å². The summed E-state index contributed by atoms with van der Waals surface area (Å²) in [6.07, 6.45) is 0.183. The monoisotopic (exact) mass is 281 g/mol. The van der Waals surface area contributed by atoms with E-state index in [-0.39, 0.29) is 18.9 Å². The number of aliphatic carboxylic acids is 1. The number of aromatic nitrogens is 2. The third-order valence-electron chi connectivity index (χ3n) is 2.41. The first-order chi connectivity index (χ1) is 9.15. The lowest BCUT2D eigenvalue weighted by molar-refractivity contribution is -0.137. The Morgan fingerprint density at radius 1 is 1.37 bits per heavy atom. The van der Waals surface area contributed by atoms with Gasteiger partial charge in [-0.05, 0) is 11.6 Å². The molecule has 0 aliphatic carbocycles. The van der Waals surface area contributed by atoms with Crippen LogP contribution in [0.2, 0.25) is 5.02 Å². The molecular weight excluding hydrogens is 270 g/mol. The van der Waals surface area contributed by atoms with Crippen molar-refractivity contribution in [1.29, 1.82) is 0 Å². The predicted octanol–water partition coefficient (Wildman–Crippen LogP) is 2.35. The van der Waals surface area contributed by atoms with Crippen molar-refractivity contribution in [3.05, 3.63) is 40.7 Å². The number of aryl methyl sites for hydroxylation is 1. The average Bonchev–Trinajstić information content (AvgIpc) is 2.83. The number of hydrogen-bond acceptors (Lipinski definition) is 5. The summed E-state index contributed by atoms with van der Waals surface area (Å²) >= 11 is 6.01. The molecule has 0 saturated carbocycles. The van der Waals surface area contributed by atoms with Crippen molar-refractivity contribution in [2.45, 2.75) is 19.4 Å². The zero-order valence-electron chi connectivity index (χ0n) is 9.97. The number of rotatable bonds is 6. The normalized spacial score (nSPS) is 10.4. The van der Waals surface area contributed by atoms with E-state index in [1.54, 1.807) is 6.07 Å². The van der Waals surface area contributed by atoms with E-state index in [2.05, 4.69) is 15.5 Å². The Morgan fingerprint density at radius 3 is 2.89 bits per heavy atom. The number of carboxylic acid groups (broad SMARTS) is 1. The molecule has 1 aromatic heterocycles. The number of halogens is 1. The van der Waals surface area contributed by atoms with E-state index in [1.165, 1.54) is 0 Å². The third-order valence-corrected chi connectivity index (χ3v) is 2.78. The number of nitrogens with one attached hydrogen (secondary N) is 1. The summed E-state index contributed by atoms with van der Waals surface area (Å²) in [5.41, 5.74) is 0.912. The maximum atomic E-state index is 10.4. The zero-order chi connectivity index (χ0) is 13.7. The largest absolute Gasteiger partial charge is 0.481 e. The highest BCUT2D eigenvalue weighted by Crippen LogP contribution is 2.16. The quantitative estimate of drug-likeness (QED) is 0.845. The Bertz CT molecular complexity index is 571. The molecule has 0 bridgehead atoms. The second kappa shape index (κ2) is 6.19. The fourth-order valence-electron chi connectivity index (χ4n) is 1.45. The summed E-state index contributed by atoms with van der Waals surface area (Å²) in [4.78, 5) is 10.4. The average molecular weight is 282 g/mol. The predicted molar refractivity (Wildman–Crippen MR) is 69.0 cm³/mol. The molecule has 0 radical (unpaired) electrons. The molecule has 2 N–H and O–H groups in total. The number of hydrogen-bond donors (Lipinski definition) is 2. The van der Waals surface area contributed by atoms with E-state index in [4.69, 9.17) is 21.1 Å². The first-order valence-corrected chi connectivity index (χ1v) is 6.04.